The molecule has 0 amide bonds. The number of benzene rings is 1. The van der Waals surface area contributed by atoms with Crippen molar-refractivity contribution in [3.8, 4) is 5.75 Å². The molecule has 4 heteroatoms. The zero-order valence-corrected chi connectivity index (χ0v) is 24.4. The van der Waals surface area contributed by atoms with Crippen LogP contribution in [0.4, 0.5) is 0 Å². The maximum absolute atomic E-state index is 10.3. The molecule has 0 bridgehead atoms. The third kappa shape index (κ3) is 15.2. The van der Waals surface area contributed by atoms with Crippen molar-refractivity contribution < 1.29 is 9.59 Å². The lowest BCUT2D eigenvalue weighted by atomic mass is 10.1. The third-order valence-corrected chi connectivity index (χ3v) is 6.60. The molecule has 0 aromatic heterocycles. The van der Waals surface area contributed by atoms with Crippen LogP contribution in [0.3, 0.4) is 0 Å². The Kier molecular flexibility index (Phi) is 21.9. The molecule has 0 radical (unpaired) electrons. The second kappa shape index (κ2) is 22.9. The number of hydrogen-bond acceptors (Lipinski definition) is 2. The fraction of sp³-hybridized carbons (Fsp3) is 0.774. The van der Waals surface area contributed by atoms with E-state index in [1.54, 1.807) is 12.1 Å². The molecule has 0 atom stereocenters. The molecule has 0 N–H and O–H groups in total. The zero-order chi connectivity index (χ0) is 26.2. The summed E-state index contributed by atoms with van der Waals surface area (Å²) >= 11 is 0. The van der Waals surface area contributed by atoms with E-state index in [9.17, 15) is 5.11 Å². The Morgan fingerprint density at radius 3 is 1.43 bits per heavy atom. The second-order valence-corrected chi connectivity index (χ2v) is 9.92. The lowest BCUT2D eigenvalue weighted by molar-refractivity contribution is -0.848. The average molecular weight is 490 g/mol. The molecule has 0 aliphatic carbocycles. The molecular formula is C31H59N3O. The van der Waals surface area contributed by atoms with E-state index >= 15 is 0 Å². The minimum atomic E-state index is 0.0718. The van der Waals surface area contributed by atoms with Crippen molar-refractivity contribution >= 4 is 5.96 Å². The van der Waals surface area contributed by atoms with Crippen LogP contribution in [0.25, 0.3) is 0 Å². The van der Waals surface area contributed by atoms with Crippen molar-refractivity contribution in [2.45, 2.75) is 119 Å². The van der Waals surface area contributed by atoms with Gasteiger partial charge in [0.2, 0.25) is 0 Å². The quantitative estimate of drug-likeness (QED) is 0.0906. The lowest BCUT2D eigenvalue weighted by Crippen LogP contribution is -2.61. The summed E-state index contributed by atoms with van der Waals surface area (Å²) in [5.41, 5.74) is 0. The van der Waals surface area contributed by atoms with E-state index < -0.39 is 0 Å². The molecule has 4 nitrogen and oxygen atoms in total. The minimum absolute atomic E-state index is 0.0718. The molecular weight excluding hydrogens is 430 g/mol. The zero-order valence-electron chi connectivity index (χ0n) is 24.4. The summed E-state index contributed by atoms with van der Waals surface area (Å²) in [5, 5.41) is 10.3. The molecule has 0 aliphatic rings. The lowest BCUT2D eigenvalue weighted by Gasteiger charge is -2.43. The third-order valence-electron chi connectivity index (χ3n) is 6.60. The number of nitrogens with zero attached hydrogens (tertiary/aromatic N) is 3. The number of rotatable bonds is 18. The van der Waals surface area contributed by atoms with E-state index in [1.165, 1.54) is 128 Å². The average Bonchev–Trinajstić information content (AvgIpc) is 2.88. The van der Waals surface area contributed by atoms with Crippen molar-refractivity contribution in [3.05, 3.63) is 30.3 Å². The van der Waals surface area contributed by atoms with Gasteiger partial charge in [0.05, 0.1) is 19.6 Å². The first kappa shape index (κ1) is 33.4. The SMILES string of the molecule is CCCCN=C(N(CCCC)CCCC)[N+](CCCC)(CCCC)CCCC.[O-]c1ccccc1. The Bertz CT molecular complexity index is 573. The summed E-state index contributed by atoms with van der Waals surface area (Å²) in [6.45, 7) is 21.1. The van der Waals surface area contributed by atoms with E-state index in [4.69, 9.17) is 4.99 Å². The van der Waals surface area contributed by atoms with Gasteiger partial charge in [-0.3, -0.25) is 4.48 Å². The molecule has 204 valence electrons. The van der Waals surface area contributed by atoms with Gasteiger partial charge in [-0.1, -0.05) is 110 Å². The summed E-state index contributed by atoms with van der Waals surface area (Å²) in [5.74, 6) is 1.52. The Morgan fingerprint density at radius 1 is 0.657 bits per heavy atom. The molecule has 0 spiro atoms. The molecule has 1 aromatic carbocycles. The highest BCUT2D eigenvalue weighted by Gasteiger charge is 2.36. The van der Waals surface area contributed by atoms with Gasteiger partial charge < -0.3 is 10.0 Å². The summed E-state index contributed by atoms with van der Waals surface area (Å²) in [6.07, 6.45) is 15.3. The van der Waals surface area contributed by atoms with Gasteiger partial charge in [0.15, 0.2) is 0 Å². The van der Waals surface area contributed by atoms with Crippen LogP contribution in [-0.2, 0) is 0 Å². The van der Waals surface area contributed by atoms with Crippen molar-refractivity contribution in [1.82, 2.24) is 4.90 Å². The fourth-order valence-electron chi connectivity index (χ4n) is 4.34. The number of hydrogen-bond donors (Lipinski definition) is 0. The van der Waals surface area contributed by atoms with Crippen LogP contribution in [0, 0.1) is 0 Å². The van der Waals surface area contributed by atoms with Crippen LogP contribution in [0.2, 0.25) is 0 Å². The highest BCUT2D eigenvalue weighted by atomic mass is 16.3. The number of para-hydroxylation sites is 1. The van der Waals surface area contributed by atoms with E-state index in [-0.39, 0.29) is 5.75 Å². The molecule has 0 aliphatic heterocycles. The molecule has 1 rings (SSSR count). The largest absolute Gasteiger partial charge is 0.872 e. The predicted molar refractivity (Wildman–Crippen MR) is 154 cm³/mol. The van der Waals surface area contributed by atoms with Crippen LogP contribution in [0.1, 0.15) is 119 Å². The Morgan fingerprint density at radius 2 is 1.09 bits per heavy atom. The molecule has 0 unspecified atom stereocenters. The first-order valence-corrected chi connectivity index (χ1v) is 14.9. The monoisotopic (exact) mass is 489 g/mol. The fourth-order valence-corrected chi connectivity index (χ4v) is 4.34. The van der Waals surface area contributed by atoms with Crippen LogP contribution < -0.4 is 5.11 Å². The van der Waals surface area contributed by atoms with E-state index in [1.807, 2.05) is 6.07 Å². The van der Waals surface area contributed by atoms with Crippen LogP contribution in [0.15, 0.2) is 35.3 Å². The Balaban J connectivity index is 0.00000140. The Hall–Kier alpha value is -1.55. The van der Waals surface area contributed by atoms with Gasteiger partial charge in [-0.05, 0) is 38.5 Å². The van der Waals surface area contributed by atoms with Crippen molar-refractivity contribution in [1.29, 1.82) is 0 Å². The molecule has 0 saturated carbocycles. The second-order valence-electron chi connectivity index (χ2n) is 9.92. The molecule has 35 heavy (non-hydrogen) atoms. The first-order chi connectivity index (χ1) is 17.0. The van der Waals surface area contributed by atoms with Crippen molar-refractivity contribution in [2.75, 3.05) is 39.3 Å². The van der Waals surface area contributed by atoms with Crippen molar-refractivity contribution in [3.63, 3.8) is 0 Å². The maximum Gasteiger partial charge on any atom is 0.300 e. The van der Waals surface area contributed by atoms with Gasteiger partial charge in [0.25, 0.3) is 5.96 Å². The smallest absolute Gasteiger partial charge is 0.300 e. The standard InChI is InChI=1S/C25H54N3.C6H6O/c1-7-13-19-26-25(27(20-14-8-2)21-15-9-3)28(22-16-10-4,23-17-11-5)24-18-12-6;7-6-4-2-1-3-5-6/h7-24H2,1-6H3;1-5,7H/q+1;/p-1. The first-order valence-electron chi connectivity index (χ1n) is 14.9. The molecule has 0 heterocycles. The van der Waals surface area contributed by atoms with Gasteiger partial charge in [-0.25, -0.2) is 4.99 Å². The summed E-state index contributed by atoms with van der Waals surface area (Å²) < 4.78 is 1.15. The van der Waals surface area contributed by atoms with Gasteiger partial charge in [0.1, 0.15) is 0 Å². The van der Waals surface area contributed by atoms with Crippen LogP contribution >= 0.6 is 0 Å². The maximum atomic E-state index is 10.3. The topological polar surface area (TPSA) is 38.7 Å². The van der Waals surface area contributed by atoms with Gasteiger partial charge in [-0.15, -0.1) is 5.75 Å². The molecule has 0 fully saturated rings. The summed E-state index contributed by atoms with van der Waals surface area (Å²) in [4.78, 5) is 8.08. The number of quaternary nitrogens is 1. The number of aliphatic imine (C=N–C) groups is 1. The molecule has 1 aromatic rings. The van der Waals surface area contributed by atoms with Gasteiger partial charge in [0, 0.05) is 19.6 Å². The molecule has 0 saturated heterocycles. The van der Waals surface area contributed by atoms with Crippen LogP contribution in [-0.4, -0.2) is 54.6 Å². The number of guanidine groups is 1. The van der Waals surface area contributed by atoms with E-state index in [0.29, 0.717) is 0 Å². The van der Waals surface area contributed by atoms with E-state index in [0.717, 1.165) is 11.0 Å². The summed E-state index contributed by atoms with van der Waals surface area (Å²) in [7, 11) is 0. The predicted octanol–water partition coefficient (Wildman–Crippen LogP) is 8.02. The number of unbranched alkanes of at least 4 members (excludes halogenated alkanes) is 6. The minimum Gasteiger partial charge on any atom is -0.872 e. The highest BCUT2D eigenvalue weighted by Crippen LogP contribution is 2.20. The van der Waals surface area contributed by atoms with Gasteiger partial charge in [-0.2, -0.15) is 0 Å². The van der Waals surface area contributed by atoms with Crippen LogP contribution in [0.5, 0.6) is 5.75 Å². The normalized spacial score (nSPS) is 11.8. The van der Waals surface area contributed by atoms with Crippen molar-refractivity contribution in [2.24, 2.45) is 4.99 Å². The van der Waals surface area contributed by atoms with E-state index in [2.05, 4.69) is 46.4 Å². The summed E-state index contributed by atoms with van der Waals surface area (Å²) in [6, 6.07) is 8.33. The highest BCUT2D eigenvalue weighted by molar-refractivity contribution is 5.73. The van der Waals surface area contributed by atoms with Gasteiger partial charge >= 0.3 is 0 Å². The Labute approximate surface area is 219 Å².